The summed E-state index contributed by atoms with van der Waals surface area (Å²) in [5.74, 6) is 0.815. The van der Waals surface area contributed by atoms with E-state index in [0.717, 1.165) is 33.6 Å². The number of aryl methyl sites for hydroxylation is 2. The Hall–Kier alpha value is -1.55. The fourth-order valence-corrected chi connectivity index (χ4v) is 3.59. The summed E-state index contributed by atoms with van der Waals surface area (Å²) in [6.45, 7) is 8.43. The molecule has 136 valence electrons. The number of quaternary nitrogens is 1. The van der Waals surface area contributed by atoms with Gasteiger partial charge < -0.3 is 14.5 Å². The van der Waals surface area contributed by atoms with Crippen LogP contribution < -0.4 is 10.1 Å². The Kier molecular flexibility index (Phi) is 7.27. The van der Waals surface area contributed by atoms with Gasteiger partial charge in [-0.3, -0.25) is 4.79 Å². The monoisotopic (exact) mass is 335 g/mol. The molecule has 2 unspecified atom stereocenters. The largest absolute Gasteiger partial charge is 0.495 e. The standard InChI is InChI=1S/C19H30N2O2.CH4/c1-14-12-15(2)19(17(13-14)23-5)20-18(22)9-11-21(4)10-7-6-8-16(21)3;/h12-13,16H,6-11H2,1-5H3;1H4/p+1. The highest BCUT2D eigenvalue weighted by molar-refractivity contribution is 5.93. The second-order valence-electron chi connectivity index (χ2n) is 7.23. The van der Waals surface area contributed by atoms with Crippen molar-refractivity contribution in [2.75, 3.05) is 32.6 Å². The highest BCUT2D eigenvalue weighted by Crippen LogP contribution is 2.30. The summed E-state index contributed by atoms with van der Waals surface area (Å²) >= 11 is 0. The molecule has 1 N–H and O–H groups in total. The number of methoxy groups -OCH3 is 1. The van der Waals surface area contributed by atoms with Gasteiger partial charge in [0.1, 0.15) is 5.75 Å². The fourth-order valence-electron chi connectivity index (χ4n) is 3.59. The van der Waals surface area contributed by atoms with Crippen LogP contribution in [0.3, 0.4) is 0 Å². The lowest BCUT2D eigenvalue weighted by Crippen LogP contribution is -2.54. The van der Waals surface area contributed by atoms with E-state index in [-0.39, 0.29) is 13.3 Å². The quantitative estimate of drug-likeness (QED) is 0.815. The van der Waals surface area contributed by atoms with Crippen molar-refractivity contribution in [3.8, 4) is 5.75 Å². The van der Waals surface area contributed by atoms with E-state index in [1.54, 1.807) is 7.11 Å². The second kappa shape index (κ2) is 8.52. The molecule has 0 aromatic heterocycles. The molecule has 1 aliphatic heterocycles. The number of carbonyl (C=O) groups excluding carboxylic acids is 1. The summed E-state index contributed by atoms with van der Waals surface area (Å²) in [5, 5.41) is 3.05. The Balaban J connectivity index is 0.00000288. The van der Waals surface area contributed by atoms with Gasteiger partial charge >= 0.3 is 0 Å². The minimum atomic E-state index is 0. The number of benzene rings is 1. The van der Waals surface area contributed by atoms with Gasteiger partial charge in [0.05, 0.1) is 45.4 Å². The first kappa shape index (κ1) is 20.5. The molecule has 4 nitrogen and oxygen atoms in total. The molecular weight excluding hydrogens is 300 g/mol. The zero-order valence-corrected chi connectivity index (χ0v) is 15.2. The summed E-state index contributed by atoms with van der Waals surface area (Å²) < 4.78 is 6.43. The molecule has 0 spiro atoms. The molecule has 0 bridgehead atoms. The van der Waals surface area contributed by atoms with E-state index in [2.05, 4.69) is 25.4 Å². The molecule has 4 heteroatoms. The maximum Gasteiger partial charge on any atom is 0.230 e. The van der Waals surface area contributed by atoms with Crippen LogP contribution in [0.25, 0.3) is 0 Å². The fraction of sp³-hybridized carbons (Fsp3) is 0.650. The first-order valence-electron chi connectivity index (χ1n) is 8.65. The molecule has 2 atom stereocenters. The molecule has 0 saturated carbocycles. The molecule has 1 saturated heterocycles. The molecule has 1 aromatic carbocycles. The van der Waals surface area contributed by atoms with Gasteiger partial charge in [-0.1, -0.05) is 13.5 Å². The molecule has 0 aliphatic carbocycles. The van der Waals surface area contributed by atoms with E-state index < -0.39 is 0 Å². The van der Waals surface area contributed by atoms with Crippen molar-refractivity contribution in [2.24, 2.45) is 0 Å². The number of hydrogen-bond acceptors (Lipinski definition) is 2. The Morgan fingerprint density at radius 2 is 2.04 bits per heavy atom. The van der Waals surface area contributed by atoms with E-state index in [9.17, 15) is 4.79 Å². The minimum absolute atomic E-state index is 0. The van der Waals surface area contributed by atoms with Crippen LogP contribution in [0.4, 0.5) is 5.69 Å². The third kappa shape index (κ3) is 4.73. The van der Waals surface area contributed by atoms with Crippen molar-refractivity contribution in [3.63, 3.8) is 0 Å². The van der Waals surface area contributed by atoms with Crippen LogP contribution in [-0.2, 0) is 4.79 Å². The number of ether oxygens (including phenoxy) is 1. The van der Waals surface area contributed by atoms with Gasteiger partial charge in [0.2, 0.25) is 5.91 Å². The molecule has 0 radical (unpaired) electrons. The molecule has 1 fully saturated rings. The van der Waals surface area contributed by atoms with E-state index in [4.69, 9.17) is 4.74 Å². The number of nitrogens with one attached hydrogen (secondary N) is 1. The Morgan fingerprint density at radius 3 is 2.67 bits per heavy atom. The number of likely N-dealkylation sites (tertiary alicyclic amines) is 1. The average Bonchev–Trinajstić information content (AvgIpc) is 2.51. The first-order chi connectivity index (χ1) is 10.9. The van der Waals surface area contributed by atoms with Gasteiger partial charge in [0.25, 0.3) is 0 Å². The average molecular weight is 336 g/mol. The molecule has 2 rings (SSSR count). The highest BCUT2D eigenvalue weighted by atomic mass is 16.5. The van der Waals surface area contributed by atoms with Crippen molar-refractivity contribution >= 4 is 11.6 Å². The summed E-state index contributed by atoms with van der Waals surface area (Å²) in [4.78, 5) is 12.4. The lowest BCUT2D eigenvalue weighted by molar-refractivity contribution is -0.935. The molecular formula is C20H35N2O2+. The van der Waals surface area contributed by atoms with Crippen molar-refractivity contribution in [2.45, 2.75) is 59.9 Å². The number of carbonyl (C=O) groups is 1. The van der Waals surface area contributed by atoms with Gasteiger partial charge in [-0.15, -0.1) is 0 Å². The van der Waals surface area contributed by atoms with E-state index in [0.29, 0.717) is 12.5 Å². The van der Waals surface area contributed by atoms with Crippen molar-refractivity contribution in [1.29, 1.82) is 0 Å². The van der Waals surface area contributed by atoms with Crippen LogP contribution in [0.5, 0.6) is 5.75 Å². The van der Waals surface area contributed by atoms with Crippen LogP contribution in [-0.4, -0.2) is 43.7 Å². The Morgan fingerprint density at radius 1 is 1.33 bits per heavy atom. The molecule has 1 amide bonds. The van der Waals surface area contributed by atoms with Gasteiger partial charge in [-0.05, 0) is 57.2 Å². The summed E-state index contributed by atoms with van der Waals surface area (Å²) in [7, 11) is 3.93. The maximum absolute atomic E-state index is 12.4. The van der Waals surface area contributed by atoms with Crippen molar-refractivity contribution in [3.05, 3.63) is 23.3 Å². The van der Waals surface area contributed by atoms with E-state index in [1.165, 1.54) is 25.8 Å². The Labute approximate surface area is 147 Å². The lowest BCUT2D eigenvalue weighted by atomic mass is 10.0. The maximum atomic E-state index is 12.4. The molecule has 1 aromatic rings. The van der Waals surface area contributed by atoms with Crippen molar-refractivity contribution < 1.29 is 14.0 Å². The number of anilines is 1. The molecule has 24 heavy (non-hydrogen) atoms. The predicted molar refractivity (Wildman–Crippen MR) is 102 cm³/mol. The number of piperidine rings is 1. The normalized spacial score (nSPS) is 23.3. The summed E-state index contributed by atoms with van der Waals surface area (Å²) in [5.41, 5.74) is 2.98. The zero-order valence-electron chi connectivity index (χ0n) is 15.2. The smallest absolute Gasteiger partial charge is 0.230 e. The number of rotatable bonds is 5. The lowest BCUT2D eigenvalue weighted by Gasteiger charge is -2.43. The zero-order chi connectivity index (χ0) is 17.0. The second-order valence-corrected chi connectivity index (χ2v) is 7.23. The van der Waals surface area contributed by atoms with Gasteiger partial charge in [-0.25, -0.2) is 0 Å². The van der Waals surface area contributed by atoms with Crippen LogP contribution in [0.15, 0.2) is 12.1 Å². The third-order valence-electron chi connectivity index (χ3n) is 5.38. The molecule has 1 heterocycles. The Bertz CT molecular complexity index is 571. The van der Waals surface area contributed by atoms with Crippen LogP contribution in [0.2, 0.25) is 0 Å². The molecule has 1 aliphatic rings. The first-order valence-corrected chi connectivity index (χ1v) is 8.65. The van der Waals surface area contributed by atoms with Crippen LogP contribution in [0.1, 0.15) is 51.2 Å². The minimum Gasteiger partial charge on any atom is -0.495 e. The topological polar surface area (TPSA) is 38.3 Å². The predicted octanol–water partition coefficient (Wildman–Crippen LogP) is 4.30. The SMILES string of the molecule is C.COc1cc(C)cc(C)c1NC(=O)CC[N+]1(C)CCCCC1C. The van der Waals surface area contributed by atoms with Crippen LogP contribution >= 0.6 is 0 Å². The summed E-state index contributed by atoms with van der Waals surface area (Å²) in [6, 6.07) is 4.68. The highest BCUT2D eigenvalue weighted by Gasteiger charge is 2.32. The van der Waals surface area contributed by atoms with Crippen LogP contribution in [0, 0.1) is 13.8 Å². The summed E-state index contributed by atoms with van der Waals surface area (Å²) in [6.07, 6.45) is 4.41. The van der Waals surface area contributed by atoms with Crippen molar-refractivity contribution in [1.82, 2.24) is 0 Å². The van der Waals surface area contributed by atoms with E-state index >= 15 is 0 Å². The van der Waals surface area contributed by atoms with Gasteiger partial charge in [0, 0.05) is 0 Å². The number of amides is 1. The third-order valence-corrected chi connectivity index (χ3v) is 5.38. The number of nitrogens with zero attached hydrogens (tertiary/aromatic N) is 1. The van der Waals surface area contributed by atoms with Gasteiger partial charge in [-0.2, -0.15) is 0 Å². The number of hydrogen-bond donors (Lipinski definition) is 1. The van der Waals surface area contributed by atoms with Gasteiger partial charge in [0.15, 0.2) is 0 Å². The van der Waals surface area contributed by atoms with E-state index in [1.807, 2.05) is 19.9 Å².